The van der Waals surface area contributed by atoms with E-state index in [0.29, 0.717) is 18.9 Å². The highest BCUT2D eigenvalue weighted by atomic mass is 79.9. The molecule has 0 aliphatic carbocycles. The summed E-state index contributed by atoms with van der Waals surface area (Å²) in [4.78, 5) is 11.0. The first kappa shape index (κ1) is 17.4. The topological polar surface area (TPSA) is 73.6 Å². The van der Waals surface area contributed by atoms with E-state index in [-0.39, 0.29) is 0 Å². The van der Waals surface area contributed by atoms with Crippen LogP contribution in [0.25, 0.3) is 0 Å². The van der Waals surface area contributed by atoms with E-state index in [0.717, 1.165) is 21.1 Å². The molecule has 0 radical (unpaired) electrons. The SMILES string of the molecule is COCCNCc1cc(Br)c(OC(C)C(N)=O)c(Br)c1. The lowest BCUT2D eigenvalue weighted by atomic mass is 10.2. The van der Waals surface area contributed by atoms with Gasteiger partial charge in [0.2, 0.25) is 0 Å². The van der Waals surface area contributed by atoms with Gasteiger partial charge in [0.15, 0.2) is 6.10 Å². The Morgan fingerprint density at radius 1 is 1.40 bits per heavy atom. The van der Waals surface area contributed by atoms with E-state index in [2.05, 4.69) is 37.2 Å². The molecule has 0 aromatic heterocycles. The Labute approximate surface area is 135 Å². The Hall–Kier alpha value is -0.630. The molecule has 1 aromatic carbocycles. The quantitative estimate of drug-likeness (QED) is 0.645. The second-order valence-electron chi connectivity index (χ2n) is 4.22. The summed E-state index contributed by atoms with van der Waals surface area (Å²) in [7, 11) is 1.67. The van der Waals surface area contributed by atoms with Crippen molar-refractivity contribution in [1.82, 2.24) is 5.32 Å². The fraction of sp³-hybridized carbons (Fsp3) is 0.462. The number of carbonyl (C=O) groups excluding carboxylic acids is 1. The van der Waals surface area contributed by atoms with Crippen LogP contribution in [0.5, 0.6) is 5.75 Å². The van der Waals surface area contributed by atoms with Gasteiger partial charge in [-0.1, -0.05) is 0 Å². The van der Waals surface area contributed by atoms with Crippen molar-refractivity contribution >= 4 is 37.8 Å². The number of carbonyl (C=O) groups is 1. The number of benzene rings is 1. The van der Waals surface area contributed by atoms with Gasteiger partial charge in [0, 0.05) is 20.2 Å². The van der Waals surface area contributed by atoms with Gasteiger partial charge < -0.3 is 20.5 Å². The van der Waals surface area contributed by atoms with Crippen molar-refractivity contribution in [2.75, 3.05) is 20.3 Å². The summed E-state index contributed by atoms with van der Waals surface area (Å²) in [5.74, 6) is 0.0612. The molecule has 112 valence electrons. The smallest absolute Gasteiger partial charge is 0.258 e. The number of methoxy groups -OCH3 is 1. The fourth-order valence-electron chi connectivity index (χ4n) is 1.47. The maximum atomic E-state index is 11.0. The average Bonchev–Trinajstić information content (AvgIpc) is 2.38. The van der Waals surface area contributed by atoms with E-state index < -0.39 is 12.0 Å². The third-order valence-corrected chi connectivity index (χ3v) is 3.74. The van der Waals surface area contributed by atoms with Crippen molar-refractivity contribution < 1.29 is 14.3 Å². The van der Waals surface area contributed by atoms with Crippen LogP contribution in [0, 0.1) is 0 Å². The van der Waals surface area contributed by atoms with Crippen LogP contribution in [0.2, 0.25) is 0 Å². The molecule has 0 spiro atoms. The van der Waals surface area contributed by atoms with E-state index in [1.807, 2.05) is 12.1 Å². The maximum Gasteiger partial charge on any atom is 0.258 e. The molecule has 1 amide bonds. The molecule has 1 aromatic rings. The predicted octanol–water partition coefficient (Wildman–Crippen LogP) is 2.20. The molecule has 0 bridgehead atoms. The van der Waals surface area contributed by atoms with Crippen LogP contribution in [0.4, 0.5) is 0 Å². The Bertz CT molecular complexity index is 446. The van der Waals surface area contributed by atoms with Gasteiger partial charge in [-0.3, -0.25) is 4.79 Å². The lowest BCUT2D eigenvalue weighted by Crippen LogP contribution is -2.30. The molecule has 0 saturated heterocycles. The van der Waals surface area contributed by atoms with E-state index >= 15 is 0 Å². The Morgan fingerprint density at radius 3 is 2.50 bits per heavy atom. The summed E-state index contributed by atoms with van der Waals surface area (Å²) < 4.78 is 12.0. The molecule has 5 nitrogen and oxygen atoms in total. The minimum absolute atomic E-state index is 0.505. The van der Waals surface area contributed by atoms with Crippen LogP contribution in [-0.4, -0.2) is 32.3 Å². The predicted molar refractivity (Wildman–Crippen MR) is 84.7 cm³/mol. The zero-order valence-electron chi connectivity index (χ0n) is 11.4. The largest absolute Gasteiger partial charge is 0.479 e. The highest BCUT2D eigenvalue weighted by molar-refractivity contribution is 9.11. The first-order chi connectivity index (χ1) is 9.45. The summed E-state index contributed by atoms with van der Waals surface area (Å²) in [6, 6.07) is 3.88. The van der Waals surface area contributed by atoms with Gasteiger partial charge in [0.05, 0.1) is 15.6 Å². The summed E-state index contributed by atoms with van der Waals surface area (Å²) in [5.41, 5.74) is 6.27. The molecule has 3 N–H and O–H groups in total. The van der Waals surface area contributed by atoms with Crippen LogP contribution in [0.3, 0.4) is 0 Å². The lowest BCUT2D eigenvalue weighted by Gasteiger charge is -2.15. The first-order valence-electron chi connectivity index (χ1n) is 6.09. The monoisotopic (exact) mass is 408 g/mol. The van der Waals surface area contributed by atoms with Crippen LogP contribution in [0.1, 0.15) is 12.5 Å². The number of halogens is 2. The first-order valence-corrected chi connectivity index (χ1v) is 7.67. The van der Waals surface area contributed by atoms with Gasteiger partial charge in [-0.15, -0.1) is 0 Å². The van der Waals surface area contributed by atoms with E-state index in [9.17, 15) is 4.79 Å². The molecule has 0 heterocycles. The van der Waals surface area contributed by atoms with Crippen LogP contribution >= 0.6 is 31.9 Å². The molecule has 1 unspecified atom stereocenters. The van der Waals surface area contributed by atoms with Gasteiger partial charge in [-0.2, -0.15) is 0 Å². The molecular weight excluding hydrogens is 392 g/mol. The Morgan fingerprint density at radius 2 is 2.00 bits per heavy atom. The number of primary amides is 1. The normalized spacial score (nSPS) is 12.2. The van der Waals surface area contributed by atoms with Gasteiger partial charge >= 0.3 is 0 Å². The van der Waals surface area contributed by atoms with Crippen LogP contribution in [-0.2, 0) is 16.1 Å². The molecule has 20 heavy (non-hydrogen) atoms. The highest BCUT2D eigenvalue weighted by Gasteiger charge is 2.15. The summed E-state index contributed by atoms with van der Waals surface area (Å²) >= 11 is 6.88. The fourth-order valence-corrected chi connectivity index (χ4v) is 2.94. The maximum absolute atomic E-state index is 11.0. The number of nitrogens with two attached hydrogens (primary N) is 1. The third-order valence-electron chi connectivity index (χ3n) is 2.57. The second-order valence-corrected chi connectivity index (χ2v) is 5.93. The van der Waals surface area contributed by atoms with Crippen LogP contribution < -0.4 is 15.8 Å². The zero-order chi connectivity index (χ0) is 15.1. The molecular formula is C13H18Br2N2O3. The van der Waals surface area contributed by atoms with Crippen molar-refractivity contribution in [3.8, 4) is 5.75 Å². The molecule has 0 aliphatic heterocycles. The summed E-state index contributed by atoms with van der Waals surface area (Å²) in [5, 5.41) is 3.25. The number of amides is 1. The molecule has 0 saturated carbocycles. The van der Waals surface area contributed by atoms with Crippen molar-refractivity contribution in [3.63, 3.8) is 0 Å². The molecule has 0 aliphatic rings. The minimum atomic E-state index is -0.687. The lowest BCUT2D eigenvalue weighted by molar-refractivity contribution is -0.124. The Balaban J connectivity index is 2.73. The highest BCUT2D eigenvalue weighted by Crippen LogP contribution is 2.35. The summed E-state index contributed by atoms with van der Waals surface area (Å²) in [6.45, 7) is 3.77. The van der Waals surface area contributed by atoms with Crippen molar-refractivity contribution in [3.05, 3.63) is 26.6 Å². The molecule has 1 atom stereocenters. The number of ether oxygens (including phenoxy) is 2. The average molecular weight is 410 g/mol. The van der Waals surface area contributed by atoms with E-state index in [4.69, 9.17) is 15.2 Å². The number of hydrogen-bond acceptors (Lipinski definition) is 4. The van der Waals surface area contributed by atoms with E-state index in [1.54, 1.807) is 14.0 Å². The molecule has 1 rings (SSSR count). The number of hydrogen-bond donors (Lipinski definition) is 2. The zero-order valence-corrected chi connectivity index (χ0v) is 14.6. The van der Waals surface area contributed by atoms with Gasteiger partial charge in [-0.05, 0) is 56.5 Å². The number of rotatable bonds is 8. The van der Waals surface area contributed by atoms with Crippen molar-refractivity contribution in [2.45, 2.75) is 19.6 Å². The van der Waals surface area contributed by atoms with Gasteiger partial charge in [-0.25, -0.2) is 0 Å². The standard InChI is InChI=1S/C13H18Br2N2O3/c1-8(13(16)18)20-12-10(14)5-9(6-11(12)15)7-17-3-4-19-2/h5-6,8,17H,3-4,7H2,1-2H3,(H2,16,18). The minimum Gasteiger partial charge on any atom is -0.479 e. The molecule has 7 heteroatoms. The van der Waals surface area contributed by atoms with Crippen molar-refractivity contribution in [2.24, 2.45) is 5.73 Å². The molecule has 0 fully saturated rings. The Kier molecular flexibility index (Phi) is 7.50. The number of nitrogens with one attached hydrogen (secondary N) is 1. The van der Waals surface area contributed by atoms with Gasteiger partial charge in [0.25, 0.3) is 5.91 Å². The van der Waals surface area contributed by atoms with Gasteiger partial charge in [0.1, 0.15) is 5.75 Å². The van der Waals surface area contributed by atoms with Crippen molar-refractivity contribution in [1.29, 1.82) is 0 Å². The third kappa shape index (κ3) is 5.40. The van der Waals surface area contributed by atoms with Crippen LogP contribution in [0.15, 0.2) is 21.1 Å². The summed E-state index contributed by atoms with van der Waals surface area (Å²) in [6.07, 6.45) is -0.687. The van der Waals surface area contributed by atoms with E-state index in [1.165, 1.54) is 0 Å². The second kappa shape index (κ2) is 8.61.